The molecule has 0 heterocycles. The van der Waals surface area contributed by atoms with Gasteiger partial charge in [-0.25, -0.2) is 4.39 Å². The number of aldehydes is 1. The molecule has 0 amide bonds. The molecule has 2 nitrogen and oxygen atoms in total. The molecular formula is C13H7Cl2FO2. The molecule has 0 spiro atoms. The number of carbonyl (C=O) groups excluding carboxylic acids is 1. The van der Waals surface area contributed by atoms with Gasteiger partial charge in [-0.2, -0.15) is 0 Å². The Morgan fingerprint density at radius 1 is 1.11 bits per heavy atom. The molecule has 0 aliphatic rings. The Hall–Kier alpha value is -1.58. The number of halogens is 3. The summed E-state index contributed by atoms with van der Waals surface area (Å²) in [6, 6.07) is 8.70. The summed E-state index contributed by atoms with van der Waals surface area (Å²) in [6.07, 6.45) is 0.555. The third kappa shape index (κ3) is 2.63. The highest BCUT2D eigenvalue weighted by molar-refractivity contribution is 6.42. The van der Waals surface area contributed by atoms with E-state index in [1.54, 1.807) is 18.2 Å². The molecule has 18 heavy (non-hydrogen) atoms. The monoisotopic (exact) mass is 284 g/mol. The van der Waals surface area contributed by atoms with Gasteiger partial charge in [0.1, 0.15) is 17.1 Å². The second kappa shape index (κ2) is 5.38. The lowest BCUT2D eigenvalue weighted by Gasteiger charge is -2.09. The minimum Gasteiger partial charge on any atom is -0.453 e. The summed E-state index contributed by atoms with van der Waals surface area (Å²) < 4.78 is 18.9. The predicted octanol–water partition coefficient (Wildman–Crippen LogP) is 4.74. The highest BCUT2D eigenvalue weighted by atomic mass is 35.5. The molecule has 0 radical (unpaired) electrons. The number of hydrogen-bond donors (Lipinski definition) is 0. The van der Waals surface area contributed by atoms with Gasteiger partial charge in [-0.15, -0.1) is 0 Å². The van der Waals surface area contributed by atoms with Gasteiger partial charge < -0.3 is 4.74 Å². The topological polar surface area (TPSA) is 26.3 Å². The van der Waals surface area contributed by atoms with Crippen LogP contribution in [0.25, 0.3) is 0 Å². The average Bonchev–Trinajstić information content (AvgIpc) is 2.37. The van der Waals surface area contributed by atoms with E-state index in [0.717, 1.165) is 6.07 Å². The highest BCUT2D eigenvalue weighted by Crippen LogP contribution is 2.35. The SMILES string of the molecule is O=Cc1ccc(Oc2cccc(Cl)c2Cl)c(F)c1. The van der Waals surface area contributed by atoms with E-state index in [1.807, 2.05) is 0 Å². The van der Waals surface area contributed by atoms with Gasteiger partial charge in [0.15, 0.2) is 11.6 Å². The molecule has 2 aromatic rings. The van der Waals surface area contributed by atoms with Crippen LogP contribution in [-0.2, 0) is 0 Å². The molecule has 0 saturated heterocycles. The van der Waals surface area contributed by atoms with Crippen LogP contribution >= 0.6 is 23.2 Å². The fraction of sp³-hybridized carbons (Fsp3) is 0. The molecule has 0 atom stereocenters. The van der Waals surface area contributed by atoms with Crippen molar-refractivity contribution in [2.75, 3.05) is 0 Å². The molecule has 2 aromatic carbocycles. The lowest BCUT2D eigenvalue weighted by Crippen LogP contribution is -1.91. The summed E-state index contributed by atoms with van der Waals surface area (Å²) in [5.74, 6) is -0.415. The first-order chi connectivity index (χ1) is 8.61. The summed E-state index contributed by atoms with van der Waals surface area (Å²) >= 11 is 11.7. The Morgan fingerprint density at radius 3 is 2.56 bits per heavy atom. The predicted molar refractivity (Wildman–Crippen MR) is 68.3 cm³/mol. The van der Waals surface area contributed by atoms with E-state index >= 15 is 0 Å². The molecule has 0 bridgehead atoms. The van der Waals surface area contributed by atoms with E-state index in [2.05, 4.69) is 0 Å². The van der Waals surface area contributed by atoms with E-state index in [4.69, 9.17) is 27.9 Å². The van der Waals surface area contributed by atoms with Crippen LogP contribution in [0.4, 0.5) is 4.39 Å². The van der Waals surface area contributed by atoms with Crippen molar-refractivity contribution < 1.29 is 13.9 Å². The van der Waals surface area contributed by atoms with E-state index in [9.17, 15) is 9.18 Å². The second-order valence-electron chi connectivity index (χ2n) is 3.46. The fourth-order valence-electron chi connectivity index (χ4n) is 1.35. The van der Waals surface area contributed by atoms with Gasteiger partial charge in [0.2, 0.25) is 0 Å². The van der Waals surface area contributed by atoms with E-state index in [1.165, 1.54) is 12.1 Å². The van der Waals surface area contributed by atoms with Crippen LogP contribution in [-0.4, -0.2) is 6.29 Å². The van der Waals surface area contributed by atoms with Crippen LogP contribution in [0.5, 0.6) is 11.5 Å². The lowest BCUT2D eigenvalue weighted by molar-refractivity contribution is 0.112. The van der Waals surface area contributed by atoms with Gasteiger partial charge in [0, 0.05) is 5.56 Å². The van der Waals surface area contributed by atoms with Crippen molar-refractivity contribution in [3.8, 4) is 11.5 Å². The Labute approximate surface area is 113 Å². The number of rotatable bonds is 3. The Bertz CT molecular complexity index is 600. The van der Waals surface area contributed by atoms with Gasteiger partial charge in [0.05, 0.1) is 5.02 Å². The smallest absolute Gasteiger partial charge is 0.166 e. The standard InChI is InChI=1S/C13H7Cl2FO2/c14-9-2-1-3-12(13(9)15)18-11-5-4-8(7-17)6-10(11)16/h1-7H. The van der Waals surface area contributed by atoms with E-state index in [0.29, 0.717) is 11.3 Å². The summed E-state index contributed by atoms with van der Waals surface area (Å²) in [5.41, 5.74) is 0.233. The van der Waals surface area contributed by atoms with Crippen molar-refractivity contribution in [2.45, 2.75) is 0 Å². The molecule has 0 aliphatic heterocycles. The molecular weight excluding hydrogens is 278 g/mol. The quantitative estimate of drug-likeness (QED) is 0.761. The van der Waals surface area contributed by atoms with Crippen LogP contribution in [0, 0.1) is 5.82 Å². The van der Waals surface area contributed by atoms with Crippen molar-refractivity contribution in [1.82, 2.24) is 0 Å². The maximum absolute atomic E-state index is 13.6. The van der Waals surface area contributed by atoms with Crippen molar-refractivity contribution in [3.63, 3.8) is 0 Å². The zero-order chi connectivity index (χ0) is 13.1. The number of carbonyl (C=O) groups is 1. The largest absolute Gasteiger partial charge is 0.453 e. The average molecular weight is 285 g/mol. The van der Waals surface area contributed by atoms with E-state index in [-0.39, 0.29) is 22.1 Å². The van der Waals surface area contributed by atoms with Gasteiger partial charge >= 0.3 is 0 Å². The zero-order valence-corrected chi connectivity index (χ0v) is 10.5. The Morgan fingerprint density at radius 2 is 1.89 bits per heavy atom. The van der Waals surface area contributed by atoms with Crippen molar-refractivity contribution in [1.29, 1.82) is 0 Å². The first kappa shape index (κ1) is 12.9. The summed E-state index contributed by atoms with van der Waals surface area (Å²) in [5, 5.41) is 0.525. The number of ether oxygens (including phenoxy) is 1. The lowest BCUT2D eigenvalue weighted by atomic mass is 10.2. The van der Waals surface area contributed by atoms with Crippen molar-refractivity contribution in [3.05, 3.63) is 57.8 Å². The van der Waals surface area contributed by atoms with Gasteiger partial charge in [-0.3, -0.25) is 4.79 Å². The number of benzene rings is 2. The molecule has 0 N–H and O–H groups in total. The zero-order valence-electron chi connectivity index (χ0n) is 8.99. The van der Waals surface area contributed by atoms with E-state index < -0.39 is 5.82 Å². The minimum atomic E-state index is -0.643. The summed E-state index contributed by atoms with van der Waals surface area (Å²) in [6.45, 7) is 0. The fourth-order valence-corrected chi connectivity index (χ4v) is 1.68. The molecule has 92 valence electrons. The highest BCUT2D eigenvalue weighted by Gasteiger charge is 2.10. The summed E-state index contributed by atoms with van der Waals surface area (Å²) in [4.78, 5) is 10.5. The number of hydrogen-bond acceptors (Lipinski definition) is 2. The third-order valence-electron chi connectivity index (χ3n) is 2.23. The molecule has 0 saturated carbocycles. The van der Waals surface area contributed by atoms with Crippen molar-refractivity contribution >= 4 is 29.5 Å². The molecule has 0 fully saturated rings. The van der Waals surface area contributed by atoms with Gasteiger partial charge in [0.25, 0.3) is 0 Å². The first-order valence-corrected chi connectivity index (χ1v) is 5.74. The second-order valence-corrected chi connectivity index (χ2v) is 4.25. The molecule has 0 aromatic heterocycles. The minimum absolute atomic E-state index is 0.0234. The summed E-state index contributed by atoms with van der Waals surface area (Å²) in [7, 11) is 0. The maximum atomic E-state index is 13.6. The van der Waals surface area contributed by atoms with Crippen LogP contribution in [0.2, 0.25) is 10.0 Å². The Kier molecular flexibility index (Phi) is 3.84. The Balaban J connectivity index is 2.34. The maximum Gasteiger partial charge on any atom is 0.166 e. The third-order valence-corrected chi connectivity index (χ3v) is 3.03. The van der Waals surface area contributed by atoms with Crippen LogP contribution in [0.15, 0.2) is 36.4 Å². The normalized spacial score (nSPS) is 10.2. The molecule has 5 heteroatoms. The van der Waals surface area contributed by atoms with Gasteiger partial charge in [-0.1, -0.05) is 29.3 Å². The molecule has 2 rings (SSSR count). The van der Waals surface area contributed by atoms with Crippen LogP contribution < -0.4 is 4.74 Å². The van der Waals surface area contributed by atoms with Crippen LogP contribution in [0.3, 0.4) is 0 Å². The first-order valence-electron chi connectivity index (χ1n) is 4.98. The van der Waals surface area contributed by atoms with Crippen LogP contribution in [0.1, 0.15) is 10.4 Å². The molecule has 0 unspecified atom stereocenters. The van der Waals surface area contributed by atoms with Crippen molar-refractivity contribution in [2.24, 2.45) is 0 Å². The van der Waals surface area contributed by atoms with Gasteiger partial charge in [-0.05, 0) is 30.3 Å². The molecule has 0 aliphatic carbocycles.